The Balaban J connectivity index is 2.49. The normalized spacial score (nSPS) is 49.2. The summed E-state index contributed by atoms with van der Waals surface area (Å²) in [4.78, 5) is 0. The Morgan fingerprint density at radius 3 is 2.60 bits per heavy atom. The highest BCUT2D eigenvalue weighted by molar-refractivity contribution is 4.82. The Labute approximate surface area is 59.6 Å². The van der Waals surface area contributed by atoms with Crippen molar-refractivity contribution in [1.82, 2.24) is 0 Å². The molecule has 4 atom stereocenters. The van der Waals surface area contributed by atoms with Crippen LogP contribution in [0.3, 0.4) is 0 Å². The van der Waals surface area contributed by atoms with Crippen LogP contribution < -0.4 is 5.73 Å². The SMILES string of the molecule is C[C@@H]1O[C@@H](O)C[C@H](O)[C@@H]1N. The predicted octanol–water partition coefficient (Wildman–Crippen LogP) is -1.20. The first-order valence-electron chi connectivity index (χ1n) is 3.38. The number of aliphatic hydroxyl groups is 2. The molecule has 1 rings (SSSR count). The van der Waals surface area contributed by atoms with E-state index in [1.807, 2.05) is 0 Å². The second-order valence-electron chi connectivity index (χ2n) is 2.68. The van der Waals surface area contributed by atoms with Gasteiger partial charge in [0.05, 0.1) is 18.2 Å². The van der Waals surface area contributed by atoms with Crippen LogP contribution in [0.25, 0.3) is 0 Å². The average Bonchev–Trinajstić information content (AvgIpc) is 1.82. The molecule has 1 saturated heterocycles. The van der Waals surface area contributed by atoms with Crippen molar-refractivity contribution in [3.05, 3.63) is 0 Å². The molecule has 4 N–H and O–H groups in total. The van der Waals surface area contributed by atoms with E-state index in [2.05, 4.69) is 0 Å². The Hall–Kier alpha value is -0.160. The van der Waals surface area contributed by atoms with Gasteiger partial charge in [-0.1, -0.05) is 0 Å². The van der Waals surface area contributed by atoms with Crippen LogP contribution in [0.5, 0.6) is 0 Å². The molecule has 1 heterocycles. The molecule has 0 unspecified atom stereocenters. The summed E-state index contributed by atoms with van der Waals surface area (Å²) in [7, 11) is 0. The fraction of sp³-hybridized carbons (Fsp3) is 1.00. The van der Waals surface area contributed by atoms with E-state index >= 15 is 0 Å². The summed E-state index contributed by atoms with van der Waals surface area (Å²) < 4.78 is 4.94. The van der Waals surface area contributed by atoms with E-state index in [0.29, 0.717) is 0 Å². The Morgan fingerprint density at radius 2 is 2.10 bits per heavy atom. The van der Waals surface area contributed by atoms with E-state index < -0.39 is 12.4 Å². The van der Waals surface area contributed by atoms with E-state index in [4.69, 9.17) is 20.7 Å². The quantitative estimate of drug-likeness (QED) is 0.402. The van der Waals surface area contributed by atoms with Crippen LogP contribution in [0.2, 0.25) is 0 Å². The van der Waals surface area contributed by atoms with Gasteiger partial charge in [-0.2, -0.15) is 0 Å². The van der Waals surface area contributed by atoms with Crippen molar-refractivity contribution in [3.8, 4) is 0 Å². The Kier molecular flexibility index (Phi) is 2.25. The third kappa shape index (κ3) is 1.46. The number of hydrogen-bond acceptors (Lipinski definition) is 4. The summed E-state index contributed by atoms with van der Waals surface area (Å²) >= 11 is 0. The first-order chi connectivity index (χ1) is 4.61. The number of rotatable bonds is 0. The molecule has 60 valence electrons. The first-order valence-corrected chi connectivity index (χ1v) is 3.38. The number of nitrogens with two attached hydrogens (primary N) is 1. The Bertz CT molecular complexity index is 108. The van der Waals surface area contributed by atoms with E-state index in [-0.39, 0.29) is 18.6 Å². The van der Waals surface area contributed by atoms with Gasteiger partial charge in [0.25, 0.3) is 0 Å². The summed E-state index contributed by atoms with van der Waals surface area (Å²) in [5.74, 6) is 0. The fourth-order valence-corrected chi connectivity index (χ4v) is 1.07. The van der Waals surface area contributed by atoms with Crippen molar-refractivity contribution in [1.29, 1.82) is 0 Å². The molecule has 4 nitrogen and oxygen atoms in total. The topological polar surface area (TPSA) is 75.7 Å². The molecule has 0 saturated carbocycles. The van der Waals surface area contributed by atoms with Gasteiger partial charge in [-0.25, -0.2) is 0 Å². The molecule has 10 heavy (non-hydrogen) atoms. The van der Waals surface area contributed by atoms with Crippen LogP contribution in [0.4, 0.5) is 0 Å². The number of hydrogen-bond donors (Lipinski definition) is 3. The van der Waals surface area contributed by atoms with Crippen LogP contribution in [-0.2, 0) is 4.74 Å². The zero-order valence-corrected chi connectivity index (χ0v) is 5.90. The van der Waals surface area contributed by atoms with Crippen LogP contribution in [0.15, 0.2) is 0 Å². The second-order valence-corrected chi connectivity index (χ2v) is 2.68. The maximum atomic E-state index is 9.15. The molecule has 4 heteroatoms. The first kappa shape index (κ1) is 7.94. The summed E-state index contributed by atoms with van der Waals surface area (Å²) in [6, 6.07) is -0.372. The molecule has 1 fully saturated rings. The molecule has 0 amide bonds. The molecule has 0 bridgehead atoms. The monoisotopic (exact) mass is 147 g/mol. The third-order valence-corrected chi connectivity index (χ3v) is 1.80. The highest BCUT2D eigenvalue weighted by Gasteiger charge is 2.31. The van der Waals surface area contributed by atoms with Gasteiger partial charge in [-0.3, -0.25) is 0 Å². The zero-order valence-electron chi connectivity index (χ0n) is 5.90. The van der Waals surface area contributed by atoms with Crippen molar-refractivity contribution in [3.63, 3.8) is 0 Å². The predicted molar refractivity (Wildman–Crippen MR) is 35.2 cm³/mol. The molecule has 1 aliphatic rings. The molecule has 1 aliphatic heterocycles. The van der Waals surface area contributed by atoms with Gasteiger partial charge in [0.15, 0.2) is 6.29 Å². The van der Waals surface area contributed by atoms with Crippen molar-refractivity contribution in [2.24, 2.45) is 5.73 Å². The number of aliphatic hydroxyl groups excluding tert-OH is 2. The molecule has 0 aromatic rings. The maximum Gasteiger partial charge on any atom is 0.157 e. The van der Waals surface area contributed by atoms with E-state index in [9.17, 15) is 0 Å². The van der Waals surface area contributed by atoms with Gasteiger partial charge in [-0.15, -0.1) is 0 Å². The molecule has 0 aliphatic carbocycles. The Morgan fingerprint density at radius 1 is 1.50 bits per heavy atom. The molecule has 0 radical (unpaired) electrons. The molecule has 0 aromatic carbocycles. The van der Waals surface area contributed by atoms with Gasteiger partial charge in [0.1, 0.15) is 0 Å². The largest absolute Gasteiger partial charge is 0.391 e. The van der Waals surface area contributed by atoms with E-state index in [0.717, 1.165) is 0 Å². The highest BCUT2D eigenvalue weighted by Crippen LogP contribution is 2.16. The van der Waals surface area contributed by atoms with Gasteiger partial charge < -0.3 is 20.7 Å². The molecular weight excluding hydrogens is 134 g/mol. The van der Waals surface area contributed by atoms with Crippen molar-refractivity contribution in [2.45, 2.75) is 37.9 Å². The van der Waals surface area contributed by atoms with Crippen LogP contribution in [0, 0.1) is 0 Å². The smallest absolute Gasteiger partial charge is 0.157 e. The van der Waals surface area contributed by atoms with Crippen LogP contribution in [0.1, 0.15) is 13.3 Å². The minimum Gasteiger partial charge on any atom is -0.391 e. The van der Waals surface area contributed by atoms with E-state index in [1.165, 1.54) is 0 Å². The third-order valence-electron chi connectivity index (χ3n) is 1.80. The summed E-state index contributed by atoms with van der Waals surface area (Å²) in [6.45, 7) is 1.73. The second kappa shape index (κ2) is 2.84. The number of ether oxygens (including phenoxy) is 1. The lowest BCUT2D eigenvalue weighted by Gasteiger charge is -2.33. The van der Waals surface area contributed by atoms with Gasteiger partial charge in [0, 0.05) is 6.42 Å². The average molecular weight is 147 g/mol. The highest BCUT2D eigenvalue weighted by atomic mass is 16.6. The molecule has 0 aromatic heterocycles. The minimum absolute atomic E-state index is 0.214. The maximum absolute atomic E-state index is 9.15. The van der Waals surface area contributed by atoms with Crippen molar-refractivity contribution >= 4 is 0 Å². The van der Waals surface area contributed by atoms with Crippen molar-refractivity contribution < 1.29 is 14.9 Å². The standard InChI is InChI=1S/C6H13NO3/c1-3-6(7)4(8)2-5(9)10-3/h3-6,8-9H,2,7H2,1H3/t3-,4-,5+,6+/m0/s1. The molecular formula is C6H13NO3. The summed E-state index contributed by atoms with van der Waals surface area (Å²) in [6.07, 6.45) is -1.55. The van der Waals surface area contributed by atoms with Crippen molar-refractivity contribution in [2.75, 3.05) is 0 Å². The van der Waals surface area contributed by atoms with Crippen LogP contribution >= 0.6 is 0 Å². The van der Waals surface area contributed by atoms with Crippen LogP contribution in [-0.4, -0.2) is 34.8 Å². The fourth-order valence-electron chi connectivity index (χ4n) is 1.07. The summed E-state index contributed by atoms with van der Waals surface area (Å²) in [5.41, 5.74) is 5.50. The summed E-state index contributed by atoms with van der Waals surface area (Å²) in [5, 5.41) is 18.1. The van der Waals surface area contributed by atoms with Gasteiger partial charge in [0.2, 0.25) is 0 Å². The van der Waals surface area contributed by atoms with E-state index in [1.54, 1.807) is 6.92 Å². The lowest BCUT2D eigenvalue weighted by Crippen LogP contribution is -2.51. The van der Waals surface area contributed by atoms with Gasteiger partial charge in [-0.05, 0) is 6.92 Å². The lowest BCUT2D eigenvalue weighted by atomic mass is 10.0. The lowest BCUT2D eigenvalue weighted by molar-refractivity contribution is -0.191. The minimum atomic E-state index is -0.857. The zero-order chi connectivity index (χ0) is 7.72. The van der Waals surface area contributed by atoms with Gasteiger partial charge >= 0.3 is 0 Å². The molecule has 0 spiro atoms.